The van der Waals surface area contributed by atoms with Gasteiger partial charge in [0.25, 0.3) is 0 Å². The average Bonchev–Trinajstić information content (AvgIpc) is 3.70. The molecule has 0 bridgehead atoms. The SMILES string of the molecule is CCC(CC)(c1ccc(C2=C(c3ccccc3)C(=O)C(c3ccccc3)=C2c2ccccc2)cc1)c1c(-c2ccccc2)c(-c2ccc(C)cc2)cc(-c2ccccc2)c1C1C=CC=CC1. The molecule has 0 radical (unpaired) electrons. The Bertz CT molecular complexity index is 3130. The fraction of sp³-hybridized carbons (Fsp3) is 0.123. The number of rotatable bonds is 12. The number of Topliss-reactive ketones (excluding diaryl/α,β-unsaturated/α-hetero) is 1. The standard InChI is InChI=1S/C65H54O/c1-4-65(5-2,54-42-40-53(41-43-54)60-59(50-30-18-9-19-31-50)61(51-32-20-10-21-33-51)64(66)62(60)52-34-22-11-23-35-52)63-57(48-26-14-7-15-27-48)55(46-24-12-6-13-25-46)44-56(47-38-36-45(3)37-39-47)58(63)49-28-16-8-17-29-49/h6-26,28-44,48H,4-5,27H2,1-3H3. The van der Waals surface area contributed by atoms with Crippen molar-refractivity contribution in [3.8, 4) is 33.4 Å². The lowest BCUT2D eigenvalue weighted by Crippen LogP contribution is -2.30. The summed E-state index contributed by atoms with van der Waals surface area (Å²) in [4.78, 5) is 15.1. The maximum absolute atomic E-state index is 15.1. The predicted molar refractivity (Wildman–Crippen MR) is 279 cm³/mol. The van der Waals surface area contributed by atoms with Crippen LogP contribution in [0.15, 0.2) is 231 Å². The molecule has 8 aromatic rings. The zero-order valence-corrected chi connectivity index (χ0v) is 38.0. The van der Waals surface area contributed by atoms with Gasteiger partial charge in [-0.2, -0.15) is 0 Å². The first-order valence-corrected chi connectivity index (χ1v) is 23.5. The first-order valence-electron chi connectivity index (χ1n) is 23.5. The summed E-state index contributed by atoms with van der Waals surface area (Å²) in [6.45, 7) is 6.92. The van der Waals surface area contributed by atoms with Crippen LogP contribution in [-0.2, 0) is 10.2 Å². The van der Waals surface area contributed by atoms with Gasteiger partial charge in [-0.3, -0.25) is 4.79 Å². The van der Waals surface area contributed by atoms with E-state index in [1.54, 1.807) is 0 Å². The van der Waals surface area contributed by atoms with Crippen molar-refractivity contribution in [1.82, 2.24) is 0 Å². The second-order valence-corrected chi connectivity index (χ2v) is 17.7. The van der Waals surface area contributed by atoms with Crippen LogP contribution >= 0.6 is 0 Å². The van der Waals surface area contributed by atoms with Gasteiger partial charge in [0.15, 0.2) is 5.78 Å². The van der Waals surface area contributed by atoms with E-state index in [2.05, 4.69) is 209 Å². The Kier molecular flexibility index (Phi) is 11.9. The van der Waals surface area contributed by atoms with Crippen LogP contribution in [0, 0.1) is 6.92 Å². The van der Waals surface area contributed by atoms with Crippen molar-refractivity contribution in [2.75, 3.05) is 0 Å². The highest BCUT2D eigenvalue weighted by atomic mass is 16.1. The van der Waals surface area contributed by atoms with Crippen LogP contribution in [0.5, 0.6) is 0 Å². The van der Waals surface area contributed by atoms with E-state index in [4.69, 9.17) is 0 Å². The maximum atomic E-state index is 15.1. The van der Waals surface area contributed by atoms with Crippen LogP contribution in [0.25, 0.3) is 55.7 Å². The average molecular weight is 851 g/mol. The molecule has 10 rings (SSSR count). The molecule has 2 aliphatic carbocycles. The van der Waals surface area contributed by atoms with Crippen molar-refractivity contribution in [2.24, 2.45) is 0 Å². The highest BCUT2D eigenvalue weighted by Crippen LogP contribution is 2.55. The van der Waals surface area contributed by atoms with Crippen molar-refractivity contribution in [1.29, 1.82) is 0 Å². The molecule has 0 aliphatic heterocycles. The van der Waals surface area contributed by atoms with Crippen molar-refractivity contribution < 1.29 is 4.79 Å². The molecule has 0 spiro atoms. The summed E-state index contributed by atoms with van der Waals surface area (Å²) >= 11 is 0. The van der Waals surface area contributed by atoms with E-state index in [0.29, 0.717) is 0 Å². The molecule has 1 unspecified atom stereocenters. The number of hydrogen-bond donors (Lipinski definition) is 0. The molecule has 0 saturated carbocycles. The molecule has 1 atom stereocenters. The van der Waals surface area contributed by atoms with Gasteiger partial charge in [-0.05, 0) is 105 Å². The normalized spacial score (nSPS) is 14.9. The van der Waals surface area contributed by atoms with Crippen LogP contribution in [0.3, 0.4) is 0 Å². The molecule has 0 saturated heterocycles. The first kappa shape index (κ1) is 42.3. The smallest absolute Gasteiger partial charge is 0.195 e. The van der Waals surface area contributed by atoms with E-state index in [1.807, 2.05) is 42.5 Å². The third-order valence-electron chi connectivity index (χ3n) is 14.0. The van der Waals surface area contributed by atoms with Gasteiger partial charge in [0, 0.05) is 33.6 Å². The molecule has 0 heterocycles. The molecule has 0 N–H and O–H groups in total. The largest absolute Gasteiger partial charge is 0.289 e. The number of ketones is 1. The molecule has 1 nitrogen and oxygen atoms in total. The Morgan fingerprint density at radius 1 is 0.455 bits per heavy atom. The molecule has 2 aliphatic rings. The third kappa shape index (κ3) is 7.65. The van der Waals surface area contributed by atoms with Crippen LogP contribution in [-0.4, -0.2) is 5.78 Å². The molecule has 66 heavy (non-hydrogen) atoms. The zero-order chi connectivity index (χ0) is 45.0. The lowest BCUT2D eigenvalue weighted by Gasteiger charge is -2.40. The van der Waals surface area contributed by atoms with E-state index in [1.165, 1.54) is 55.6 Å². The van der Waals surface area contributed by atoms with Gasteiger partial charge >= 0.3 is 0 Å². The molecule has 320 valence electrons. The summed E-state index contributed by atoms with van der Waals surface area (Å²) < 4.78 is 0. The number of carbonyl (C=O) groups is 1. The molecule has 0 aromatic heterocycles. The van der Waals surface area contributed by atoms with E-state index < -0.39 is 5.41 Å². The second-order valence-electron chi connectivity index (χ2n) is 17.7. The summed E-state index contributed by atoms with van der Waals surface area (Å²) in [7, 11) is 0. The van der Waals surface area contributed by atoms with E-state index in [9.17, 15) is 0 Å². The minimum absolute atomic E-state index is 0.0508. The minimum atomic E-state index is -0.395. The highest BCUT2D eigenvalue weighted by molar-refractivity contribution is 6.59. The van der Waals surface area contributed by atoms with E-state index in [0.717, 1.165) is 63.8 Å². The fourth-order valence-corrected chi connectivity index (χ4v) is 10.8. The van der Waals surface area contributed by atoms with Crippen molar-refractivity contribution >= 4 is 28.1 Å². The molecule has 1 heteroatoms. The highest BCUT2D eigenvalue weighted by Gasteiger charge is 2.40. The summed E-state index contributed by atoms with van der Waals surface area (Å²) in [6.07, 6.45) is 11.9. The Morgan fingerprint density at radius 2 is 0.879 bits per heavy atom. The Labute approximate surface area is 390 Å². The molecule has 0 fully saturated rings. The number of carbonyl (C=O) groups excluding carboxylic acids is 1. The summed E-state index contributed by atoms with van der Waals surface area (Å²) in [6, 6.07) is 73.9. The fourth-order valence-electron chi connectivity index (χ4n) is 10.8. The molecular formula is C65H54O. The number of hydrogen-bond acceptors (Lipinski definition) is 1. The number of benzene rings is 8. The summed E-state index contributed by atoms with van der Waals surface area (Å²) in [5, 5.41) is 0. The summed E-state index contributed by atoms with van der Waals surface area (Å²) in [5.41, 5.74) is 19.7. The van der Waals surface area contributed by atoms with Crippen molar-refractivity contribution in [3.63, 3.8) is 0 Å². The van der Waals surface area contributed by atoms with E-state index in [-0.39, 0.29) is 11.7 Å². The number of allylic oxidation sites excluding steroid dienone is 8. The quantitative estimate of drug-likeness (QED) is 0.120. The molecule has 0 amide bonds. The van der Waals surface area contributed by atoms with Gasteiger partial charge in [-0.15, -0.1) is 0 Å². The lowest BCUT2D eigenvalue weighted by atomic mass is 9.63. The Balaban J connectivity index is 1.27. The van der Waals surface area contributed by atoms with Gasteiger partial charge in [-0.25, -0.2) is 0 Å². The molecular weight excluding hydrogens is 797 g/mol. The van der Waals surface area contributed by atoms with Crippen LogP contribution in [0.2, 0.25) is 0 Å². The monoisotopic (exact) mass is 850 g/mol. The predicted octanol–water partition coefficient (Wildman–Crippen LogP) is 16.8. The zero-order valence-electron chi connectivity index (χ0n) is 38.0. The maximum Gasteiger partial charge on any atom is 0.195 e. The number of aryl methyl sites for hydroxylation is 1. The minimum Gasteiger partial charge on any atom is -0.289 e. The third-order valence-corrected chi connectivity index (χ3v) is 14.0. The van der Waals surface area contributed by atoms with Gasteiger partial charge in [0.05, 0.1) is 0 Å². The van der Waals surface area contributed by atoms with Gasteiger partial charge in [0.2, 0.25) is 0 Å². The Morgan fingerprint density at radius 3 is 1.35 bits per heavy atom. The van der Waals surface area contributed by atoms with Gasteiger partial charge in [-0.1, -0.05) is 244 Å². The van der Waals surface area contributed by atoms with Gasteiger partial charge < -0.3 is 0 Å². The lowest BCUT2D eigenvalue weighted by molar-refractivity contribution is -0.108. The summed E-state index contributed by atoms with van der Waals surface area (Å²) in [5.74, 6) is 0.222. The van der Waals surface area contributed by atoms with Crippen LogP contribution < -0.4 is 0 Å². The Hall–Kier alpha value is -7.61. The second kappa shape index (κ2) is 18.5. The topological polar surface area (TPSA) is 17.1 Å². The van der Waals surface area contributed by atoms with E-state index >= 15 is 4.79 Å². The van der Waals surface area contributed by atoms with Crippen LogP contribution in [0.1, 0.15) is 83.5 Å². The van der Waals surface area contributed by atoms with Crippen molar-refractivity contribution in [3.05, 3.63) is 275 Å². The van der Waals surface area contributed by atoms with Crippen LogP contribution in [0.4, 0.5) is 0 Å². The first-order chi connectivity index (χ1) is 32.5. The van der Waals surface area contributed by atoms with Crippen molar-refractivity contribution in [2.45, 2.75) is 51.4 Å². The molecule has 8 aromatic carbocycles. The van der Waals surface area contributed by atoms with Gasteiger partial charge in [0.1, 0.15) is 0 Å².